The zero-order chi connectivity index (χ0) is 15.9. The Morgan fingerprint density at radius 1 is 0.696 bits per heavy atom. The van der Waals surface area contributed by atoms with Gasteiger partial charge in [-0.2, -0.15) is 0 Å². The normalized spacial score (nSPS) is 11.0. The summed E-state index contributed by atoms with van der Waals surface area (Å²) >= 11 is 0. The van der Waals surface area contributed by atoms with E-state index in [0.717, 1.165) is 5.75 Å². The largest absolute Gasteiger partial charge is 0.497 e. The van der Waals surface area contributed by atoms with Crippen molar-refractivity contribution in [2.45, 2.75) is 0 Å². The molecule has 0 heterocycles. The van der Waals surface area contributed by atoms with E-state index in [1.165, 1.54) is 16.2 Å². The third-order valence-electron chi connectivity index (χ3n) is 3.60. The Hall–Kier alpha value is -2.37. The Morgan fingerprint density at radius 3 is 1.70 bits per heavy atom. The van der Waals surface area contributed by atoms with E-state index in [1.807, 2.05) is 12.1 Å². The van der Waals surface area contributed by atoms with Gasteiger partial charge in [0.05, 0.1) is 7.11 Å². The number of ether oxygens (including phenoxy) is 1. The van der Waals surface area contributed by atoms with E-state index >= 15 is 0 Å². The van der Waals surface area contributed by atoms with Crippen LogP contribution in [0.15, 0.2) is 90.7 Å². The molecule has 114 valence electrons. The van der Waals surface area contributed by atoms with Crippen LogP contribution in [0.3, 0.4) is 0 Å². The molecule has 3 aromatic carbocycles. The van der Waals surface area contributed by atoms with Crippen molar-refractivity contribution in [2.24, 2.45) is 0 Å². The predicted molar refractivity (Wildman–Crippen MR) is 101 cm³/mol. The summed E-state index contributed by atoms with van der Waals surface area (Å²) in [5, 5.41) is 2.72. The molecule has 2 heteroatoms. The summed E-state index contributed by atoms with van der Waals surface area (Å²) in [7, 11) is 1.19. The maximum absolute atomic E-state index is 5.21. The smallest absolute Gasteiger partial charge is 0.118 e. The topological polar surface area (TPSA) is 9.23 Å². The molecule has 0 aromatic heterocycles. The van der Waals surface area contributed by atoms with Gasteiger partial charge in [0.2, 0.25) is 0 Å². The highest BCUT2D eigenvalue weighted by Gasteiger charge is 2.09. The molecule has 0 amide bonds. The first kappa shape index (κ1) is 15.5. The van der Waals surface area contributed by atoms with Gasteiger partial charge in [-0.25, -0.2) is 0 Å². The second-order valence-corrected chi connectivity index (χ2v) is 7.20. The molecule has 0 aliphatic carbocycles. The van der Waals surface area contributed by atoms with Crippen molar-refractivity contribution >= 4 is 24.6 Å². The van der Waals surface area contributed by atoms with Gasteiger partial charge in [-0.1, -0.05) is 84.7 Å². The predicted octanol–water partition coefficient (Wildman–Crippen LogP) is 4.80. The summed E-state index contributed by atoms with van der Waals surface area (Å²) in [5.41, 5.74) is 1.19. The maximum Gasteiger partial charge on any atom is 0.118 e. The standard InChI is InChI=1S/C21H19OP/c1-22-19-14-12-18(13-15-19)16-17-23(20-8-4-2-5-9-20)21-10-6-3-7-11-21/h2-17H,1H3/b17-16-. The summed E-state index contributed by atoms with van der Waals surface area (Å²) in [6.45, 7) is 0. The molecule has 0 aliphatic rings. The second kappa shape index (κ2) is 7.76. The van der Waals surface area contributed by atoms with E-state index in [-0.39, 0.29) is 0 Å². The lowest BCUT2D eigenvalue weighted by Crippen LogP contribution is -2.09. The number of rotatable bonds is 5. The van der Waals surface area contributed by atoms with Gasteiger partial charge in [-0.15, -0.1) is 0 Å². The Labute approximate surface area is 139 Å². The molecule has 0 atom stereocenters. The molecule has 3 rings (SSSR count). The van der Waals surface area contributed by atoms with Gasteiger partial charge in [0.15, 0.2) is 0 Å². The SMILES string of the molecule is COc1ccc(/C=C\P(c2ccccc2)c2ccccc2)cc1. The van der Waals surface area contributed by atoms with Crippen LogP contribution in [-0.4, -0.2) is 7.11 Å². The van der Waals surface area contributed by atoms with Crippen LogP contribution in [0.2, 0.25) is 0 Å². The van der Waals surface area contributed by atoms with Crippen LogP contribution in [0.25, 0.3) is 6.08 Å². The zero-order valence-electron chi connectivity index (χ0n) is 13.1. The van der Waals surface area contributed by atoms with Crippen LogP contribution in [0, 0.1) is 0 Å². The minimum Gasteiger partial charge on any atom is -0.497 e. The number of hydrogen-bond donors (Lipinski definition) is 0. The van der Waals surface area contributed by atoms with Gasteiger partial charge in [-0.3, -0.25) is 0 Å². The molecular formula is C21H19OP. The van der Waals surface area contributed by atoms with Crippen LogP contribution >= 0.6 is 7.92 Å². The molecule has 23 heavy (non-hydrogen) atoms. The second-order valence-electron chi connectivity index (χ2n) is 5.13. The highest BCUT2D eigenvalue weighted by molar-refractivity contribution is 7.75. The molecule has 0 bridgehead atoms. The molecule has 0 saturated carbocycles. The number of hydrogen-bond acceptors (Lipinski definition) is 1. The van der Waals surface area contributed by atoms with Crippen molar-refractivity contribution in [3.8, 4) is 5.75 Å². The molecule has 1 nitrogen and oxygen atoms in total. The molecule has 0 unspecified atom stereocenters. The first-order valence-corrected chi connectivity index (χ1v) is 8.99. The highest BCUT2D eigenvalue weighted by atomic mass is 31.1. The summed E-state index contributed by atoms with van der Waals surface area (Å²) in [6.07, 6.45) is 2.20. The quantitative estimate of drug-likeness (QED) is 0.614. The van der Waals surface area contributed by atoms with Crippen LogP contribution < -0.4 is 15.3 Å². The minimum absolute atomic E-state index is 0.498. The molecule has 0 N–H and O–H groups in total. The van der Waals surface area contributed by atoms with Gasteiger partial charge in [-0.05, 0) is 36.2 Å². The summed E-state index contributed by atoms with van der Waals surface area (Å²) in [5.74, 6) is 3.21. The Balaban J connectivity index is 1.91. The first-order chi connectivity index (χ1) is 11.4. The Kier molecular flexibility index (Phi) is 5.24. The first-order valence-electron chi connectivity index (χ1n) is 7.58. The molecular weight excluding hydrogens is 299 g/mol. The van der Waals surface area contributed by atoms with Gasteiger partial charge in [0.25, 0.3) is 0 Å². The van der Waals surface area contributed by atoms with Crippen LogP contribution in [-0.2, 0) is 0 Å². The Morgan fingerprint density at radius 2 is 1.22 bits per heavy atom. The monoisotopic (exact) mass is 318 g/mol. The minimum atomic E-state index is -0.498. The van der Waals surface area contributed by atoms with E-state index in [4.69, 9.17) is 4.74 Å². The fourth-order valence-electron chi connectivity index (χ4n) is 2.37. The van der Waals surface area contributed by atoms with Crippen LogP contribution in [0.4, 0.5) is 0 Å². The molecule has 0 fully saturated rings. The summed E-state index contributed by atoms with van der Waals surface area (Å²) in [4.78, 5) is 0. The van der Waals surface area contributed by atoms with Crippen molar-refractivity contribution in [3.63, 3.8) is 0 Å². The lowest BCUT2D eigenvalue weighted by Gasteiger charge is -2.14. The maximum atomic E-state index is 5.21. The van der Waals surface area contributed by atoms with Crippen molar-refractivity contribution in [3.05, 3.63) is 96.3 Å². The summed E-state index contributed by atoms with van der Waals surface area (Å²) in [6, 6.07) is 29.5. The lowest BCUT2D eigenvalue weighted by atomic mass is 10.2. The van der Waals surface area contributed by atoms with Crippen LogP contribution in [0.5, 0.6) is 5.75 Å². The van der Waals surface area contributed by atoms with Crippen LogP contribution in [0.1, 0.15) is 5.56 Å². The molecule has 0 spiro atoms. The third kappa shape index (κ3) is 4.09. The average molecular weight is 318 g/mol. The lowest BCUT2D eigenvalue weighted by molar-refractivity contribution is 0.415. The Bertz CT molecular complexity index is 709. The van der Waals surface area contributed by atoms with Crippen molar-refractivity contribution in [2.75, 3.05) is 7.11 Å². The zero-order valence-corrected chi connectivity index (χ0v) is 14.0. The molecule has 0 aliphatic heterocycles. The van der Waals surface area contributed by atoms with Gasteiger partial charge in [0.1, 0.15) is 5.75 Å². The fourth-order valence-corrected chi connectivity index (χ4v) is 4.32. The van der Waals surface area contributed by atoms with E-state index in [0.29, 0.717) is 0 Å². The fraction of sp³-hybridized carbons (Fsp3) is 0.0476. The van der Waals surface area contributed by atoms with E-state index in [1.54, 1.807) is 7.11 Å². The van der Waals surface area contributed by atoms with Gasteiger partial charge in [0, 0.05) is 0 Å². The van der Waals surface area contributed by atoms with Crippen molar-refractivity contribution in [1.29, 1.82) is 0 Å². The van der Waals surface area contributed by atoms with Crippen molar-refractivity contribution < 1.29 is 4.74 Å². The highest BCUT2D eigenvalue weighted by Crippen LogP contribution is 2.35. The third-order valence-corrected chi connectivity index (χ3v) is 5.76. The number of benzene rings is 3. The molecule has 0 saturated heterocycles. The van der Waals surface area contributed by atoms with E-state index < -0.39 is 7.92 Å². The van der Waals surface area contributed by atoms with Gasteiger partial charge >= 0.3 is 0 Å². The average Bonchev–Trinajstić information content (AvgIpc) is 2.64. The molecule has 0 radical (unpaired) electrons. The van der Waals surface area contributed by atoms with Crippen molar-refractivity contribution in [1.82, 2.24) is 0 Å². The van der Waals surface area contributed by atoms with E-state index in [2.05, 4.69) is 84.7 Å². The molecule has 3 aromatic rings. The van der Waals surface area contributed by atoms with E-state index in [9.17, 15) is 0 Å². The van der Waals surface area contributed by atoms with Gasteiger partial charge < -0.3 is 4.74 Å². The summed E-state index contributed by atoms with van der Waals surface area (Å²) < 4.78 is 5.21. The number of methoxy groups -OCH3 is 1.